The predicted molar refractivity (Wildman–Crippen MR) is 78.6 cm³/mol. The van der Waals surface area contributed by atoms with Gasteiger partial charge in [0.15, 0.2) is 0 Å². The van der Waals surface area contributed by atoms with Gasteiger partial charge in [-0.3, -0.25) is 0 Å². The van der Waals surface area contributed by atoms with Gasteiger partial charge >= 0.3 is 0 Å². The first-order valence-corrected chi connectivity index (χ1v) is 7.80. The number of hydrogen-bond acceptors (Lipinski definition) is 2. The fourth-order valence-electron chi connectivity index (χ4n) is 3.37. The number of hydrogen-bond donors (Lipinski definition) is 2. The molecule has 104 valence electrons. The molecule has 3 rings (SSSR count). The molecule has 0 heterocycles. The Morgan fingerprint density at radius 3 is 2.42 bits per heavy atom. The van der Waals surface area contributed by atoms with E-state index in [0.29, 0.717) is 18.0 Å². The third kappa shape index (κ3) is 3.13. The molecule has 3 heteroatoms. The van der Waals surface area contributed by atoms with Crippen molar-refractivity contribution in [3.05, 3.63) is 34.9 Å². The molecule has 2 nitrogen and oxygen atoms in total. The fourth-order valence-corrected chi connectivity index (χ4v) is 3.50. The topological polar surface area (TPSA) is 32.3 Å². The molecule has 0 aliphatic heterocycles. The average Bonchev–Trinajstić information content (AvgIpc) is 2.37. The van der Waals surface area contributed by atoms with Gasteiger partial charge in [0.2, 0.25) is 0 Å². The summed E-state index contributed by atoms with van der Waals surface area (Å²) in [5, 5.41) is 14.4. The zero-order valence-corrected chi connectivity index (χ0v) is 11.9. The van der Waals surface area contributed by atoms with Crippen molar-refractivity contribution >= 4 is 11.6 Å². The van der Waals surface area contributed by atoms with E-state index in [2.05, 4.69) is 17.4 Å². The summed E-state index contributed by atoms with van der Waals surface area (Å²) in [6, 6.07) is 9.13. The summed E-state index contributed by atoms with van der Waals surface area (Å²) < 4.78 is 0. The Balaban J connectivity index is 1.48. The van der Waals surface area contributed by atoms with E-state index in [4.69, 9.17) is 11.6 Å². The number of rotatable bonds is 3. The molecule has 0 aromatic heterocycles. The van der Waals surface area contributed by atoms with Gasteiger partial charge in [-0.2, -0.15) is 0 Å². The van der Waals surface area contributed by atoms with Gasteiger partial charge in [0.05, 0.1) is 6.10 Å². The van der Waals surface area contributed by atoms with Crippen LogP contribution in [0.3, 0.4) is 0 Å². The van der Waals surface area contributed by atoms with Crippen molar-refractivity contribution in [2.75, 3.05) is 0 Å². The SMILES string of the molecule is OC1CCCCC1NC1CC(c2ccc(Cl)cc2)C1. The Morgan fingerprint density at radius 2 is 1.74 bits per heavy atom. The highest BCUT2D eigenvalue weighted by Crippen LogP contribution is 2.38. The van der Waals surface area contributed by atoms with Crippen LogP contribution in [0.15, 0.2) is 24.3 Å². The molecule has 0 radical (unpaired) electrons. The second-order valence-electron chi connectivity index (χ2n) is 6.04. The van der Waals surface area contributed by atoms with E-state index in [9.17, 15) is 5.11 Å². The molecule has 2 atom stereocenters. The standard InChI is InChI=1S/C16H22ClNO/c17-13-7-5-11(6-8-13)12-9-14(10-12)18-15-3-1-2-4-16(15)19/h5-8,12,14-16,18-19H,1-4,9-10H2. The Labute approximate surface area is 120 Å². The van der Waals surface area contributed by atoms with Gasteiger partial charge in [0, 0.05) is 17.1 Å². The fraction of sp³-hybridized carbons (Fsp3) is 0.625. The van der Waals surface area contributed by atoms with Crippen LogP contribution in [0.2, 0.25) is 5.02 Å². The molecule has 0 bridgehead atoms. The molecule has 1 aromatic carbocycles. The smallest absolute Gasteiger partial charge is 0.0693 e. The molecule has 0 amide bonds. The van der Waals surface area contributed by atoms with Crippen LogP contribution in [0.4, 0.5) is 0 Å². The van der Waals surface area contributed by atoms with Crippen molar-refractivity contribution in [3.8, 4) is 0 Å². The van der Waals surface area contributed by atoms with Crippen LogP contribution in [-0.2, 0) is 0 Å². The Bertz CT molecular complexity index is 413. The van der Waals surface area contributed by atoms with E-state index in [-0.39, 0.29) is 6.10 Å². The lowest BCUT2D eigenvalue weighted by atomic mass is 9.75. The van der Waals surface area contributed by atoms with Crippen LogP contribution in [0.5, 0.6) is 0 Å². The third-order valence-corrected chi connectivity index (χ3v) is 4.91. The minimum absolute atomic E-state index is 0.136. The summed E-state index contributed by atoms with van der Waals surface area (Å²) in [5.41, 5.74) is 1.40. The summed E-state index contributed by atoms with van der Waals surface area (Å²) in [6.07, 6.45) is 6.76. The van der Waals surface area contributed by atoms with Gasteiger partial charge in [0.25, 0.3) is 0 Å². The summed E-state index contributed by atoms with van der Waals surface area (Å²) in [5.74, 6) is 0.663. The van der Waals surface area contributed by atoms with Crippen LogP contribution in [0.1, 0.15) is 50.0 Å². The summed E-state index contributed by atoms with van der Waals surface area (Å²) >= 11 is 5.91. The Kier molecular flexibility index (Phi) is 4.11. The van der Waals surface area contributed by atoms with E-state index >= 15 is 0 Å². The normalized spacial score (nSPS) is 34.8. The Morgan fingerprint density at radius 1 is 1.05 bits per heavy atom. The summed E-state index contributed by atoms with van der Waals surface area (Å²) in [4.78, 5) is 0. The average molecular weight is 280 g/mol. The van der Waals surface area contributed by atoms with E-state index in [1.54, 1.807) is 0 Å². The zero-order valence-electron chi connectivity index (χ0n) is 11.2. The van der Waals surface area contributed by atoms with E-state index in [1.807, 2.05) is 12.1 Å². The van der Waals surface area contributed by atoms with Crippen molar-refractivity contribution in [2.24, 2.45) is 0 Å². The zero-order chi connectivity index (χ0) is 13.2. The summed E-state index contributed by atoms with van der Waals surface area (Å²) in [7, 11) is 0. The highest BCUT2D eigenvalue weighted by atomic mass is 35.5. The molecule has 2 saturated carbocycles. The number of aliphatic hydroxyl groups is 1. The third-order valence-electron chi connectivity index (χ3n) is 4.66. The molecular formula is C16H22ClNO. The van der Waals surface area contributed by atoms with Crippen LogP contribution in [0, 0.1) is 0 Å². The first-order chi connectivity index (χ1) is 9.22. The second-order valence-corrected chi connectivity index (χ2v) is 6.48. The molecule has 0 saturated heterocycles. The monoisotopic (exact) mass is 279 g/mol. The number of aliphatic hydroxyl groups excluding tert-OH is 1. The first-order valence-electron chi connectivity index (χ1n) is 7.42. The maximum atomic E-state index is 9.97. The predicted octanol–water partition coefficient (Wildman–Crippen LogP) is 3.48. The molecule has 19 heavy (non-hydrogen) atoms. The van der Waals surface area contributed by atoms with Crippen molar-refractivity contribution in [2.45, 2.75) is 62.6 Å². The minimum atomic E-state index is -0.136. The van der Waals surface area contributed by atoms with Crippen LogP contribution in [-0.4, -0.2) is 23.3 Å². The molecule has 2 fully saturated rings. The van der Waals surface area contributed by atoms with E-state index < -0.39 is 0 Å². The van der Waals surface area contributed by atoms with Gasteiger partial charge in [-0.25, -0.2) is 0 Å². The minimum Gasteiger partial charge on any atom is -0.392 e. The summed E-state index contributed by atoms with van der Waals surface area (Å²) in [6.45, 7) is 0. The van der Waals surface area contributed by atoms with Crippen molar-refractivity contribution in [3.63, 3.8) is 0 Å². The van der Waals surface area contributed by atoms with Gasteiger partial charge in [-0.05, 0) is 49.3 Å². The van der Waals surface area contributed by atoms with E-state index in [0.717, 1.165) is 17.9 Å². The van der Waals surface area contributed by atoms with Crippen LogP contribution >= 0.6 is 11.6 Å². The molecule has 2 N–H and O–H groups in total. The van der Waals surface area contributed by atoms with Crippen molar-refractivity contribution in [1.29, 1.82) is 0 Å². The Hall–Kier alpha value is -0.570. The number of halogens is 1. The molecule has 2 aliphatic carbocycles. The lowest BCUT2D eigenvalue weighted by Gasteiger charge is -2.41. The van der Waals surface area contributed by atoms with Crippen molar-refractivity contribution in [1.82, 2.24) is 5.32 Å². The molecular weight excluding hydrogens is 258 g/mol. The van der Waals surface area contributed by atoms with Crippen molar-refractivity contribution < 1.29 is 5.11 Å². The maximum absolute atomic E-state index is 9.97. The molecule has 2 unspecified atom stereocenters. The largest absolute Gasteiger partial charge is 0.392 e. The van der Waals surface area contributed by atoms with Crippen LogP contribution in [0.25, 0.3) is 0 Å². The van der Waals surface area contributed by atoms with Crippen LogP contribution < -0.4 is 5.32 Å². The number of nitrogens with one attached hydrogen (secondary N) is 1. The van der Waals surface area contributed by atoms with Gasteiger partial charge in [-0.1, -0.05) is 36.6 Å². The highest BCUT2D eigenvalue weighted by molar-refractivity contribution is 6.30. The maximum Gasteiger partial charge on any atom is 0.0693 e. The second kappa shape index (κ2) is 5.82. The highest BCUT2D eigenvalue weighted by Gasteiger charge is 2.33. The van der Waals surface area contributed by atoms with Gasteiger partial charge < -0.3 is 10.4 Å². The first kappa shape index (κ1) is 13.4. The van der Waals surface area contributed by atoms with Gasteiger partial charge in [-0.15, -0.1) is 0 Å². The molecule has 1 aromatic rings. The lowest BCUT2D eigenvalue weighted by Crippen LogP contribution is -2.51. The molecule has 2 aliphatic rings. The van der Waals surface area contributed by atoms with E-state index in [1.165, 1.54) is 31.2 Å². The van der Waals surface area contributed by atoms with Gasteiger partial charge in [0.1, 0.15) is 0 Å². The molecule has 0 spiro atoms. The lowest BCUT2D eigenvalue weighted by molar-refractivity contribution is 0.0751. The number of benzene rings is 1. The quantitative estimate of drug-likeness (QED) is 0.888.